The Hall–Kier alpha value is -2.71. The highest BCUT2D eigenvalue weighted by molar-refractivity contribution is 6.36. The summed E-state index contributed by atoms with van der Waals surface area (Å²) in [4.78, 5) is 33.5. The molecule has 0 aliphatic heterocycles. The standard InChI is InChI=1S/C15H10Cl2FN3O4/c16-8-1-3-10(11(17)5-8)15(23)19-7-14(22)20-9-2-4-12(18)13(6-9)21(24)25/h1-6H,7H2,(H,19,23)(H,20,22). The topological polar surface area (TPSA) is 101 Å². The Labute approximate surface area is 150 Å². The highest BCUT2D eigenvalue weighted by Crippen LogP contribution is 2.22. The van der Waals surface area contributed by atoms with Crippen LogP contribution in [0.5, 0.6) is 0 Å². The van der Waals surface area contributed by atoms with E-state index in [-0.39, 0.29) is 16.3 Å². The van der Waals surface area contributed by atoms with Crippen molar-refractivity contribution in [2.24, 2.45) is 0 Å². The highest BCUT2D eigenvalue weighted by atomic mass is 35.5. The molecule has 0 aliphatic carbocycles. The number of hydrogen-bond acceptors (Lipinski definition) is 4. The number of benzene rings is 2. The van der Waals surface area contributed by atoms with Gasteiger partial charge in [0.1, 0.15) is 0 Å². The monoisotopic (exact) mass is 385 g/mol. The molecule has 0 atom stereocenters. The van der Waals surface area contributed by atoms with E-state index < -0.39 is 34.8 Å². The van der Waals surface area contributed by atoms with Gasteiger partial charge in [-0.2, -0.15) is 4.39 Å². The van der Waals surface area contributed by atoms with Crippen LogP contribution in [0, 0.1) is 15.9 Å². The molecule has 2 aromatic rings. The number of nitrogens with zero attached hydrogens (tertiary/aromatic N) is 1. The molecule has 0 saturated heterocycles. The van der Waals surface area contributed by atoms with Gasteiger partial charge in [0.25, 0.3) is 5.91 Å². The van der Waals surface area contributed by atoms with Crippen molar-refractivity contribution in [3.63, 3.8) is 0 Å². The van der Waals surface area contributed by atoms with Gasteiger partial charge in [0, 0.05) is 16.8 Å². The van der Waals surface area contributed by atoms with Gasteiger partial charge in [0.2, 0.25) is 11.7 Å². The number of anilines is 1. The van der Waals surface area contributed by atoms with Crippen molar-refractivity contribution in [3.8, 4) is 0 Å². The third kappa shape index (κ3) is 4.88. The summed E-state index contributed by atoms with van der Waals surface area (Å²) in [6, 6.07) is 7.17. The number of halogens is 3. The molecule has 25 heavy (non-hydrogen) atoms. The van der Waals surface area contributed by atoms with Gasteiger partial charge in [0.15, 0.2) is 0 Å². The first-order valence-electron chi connectivity index (χ1n) is 6.75. The lowest BCUT2D eigenvalue weighted by atomic mass is 10.2. The molecule has 0 saturated carbocycles. The van der Waals surface area contributed by atoms with Crippen LogP contribution in [0.25, 0.3) is 0 Å². The molecule has 0 heterocycles. The Morgan fingerprint density at radius 3 is 2.52 bits per heavy atom. The van der Waals surface area contributed by atoms with Crippen LogP contribution in [0.3, 0.4) is 0 Å². The number of carbonyl (C=O) groups is 2. The van der Waals surface area contributed by atoms with Crippen LogP contribution in [0.2, 0.25) is 10.0 Å². The maximum Gasteiger partial charge on any atom is 0.306 e. The Kier molecular flexibility index (Phi) is 5.89. The quantitative estimate of drug-likeness (QED) is 0.607. The Morgan fingerprint density at radius 2 is 1.88 bits per heavy atom. The largest absolute Gasteiger partial charge is 0.343 e. The summed E-state index contributed by atoms with van der Waals surface area (Å²) in [5.41, 5.74) is -0.608. The molecule has 7 nitrogen and oxygen atoms in total. The second kappa shape index (κ2) is 7.91. The van der Waals surface area contributed by atoms with Crippen molar-refractivity contribution < 1.29 is 18.9 Å². The molecule has 0 aliphatic rings. The molecule has 0 aromatic heterocycles. The third-order valence-corrected chi connectivity index (χ3v) is 3.56. The number of carbonyl (C=O) groups excluding carboxylic acids is 2. The fraction of sp³-hybridized carbons (Fsp3) is 0.0667. The fourth-order valence-electron chi connectivity index (χ4n) is 1.86. The number of hydrogen-bond donors (Lipinski definition) is 2. The van der Waals surface area contributed by atoms with Crippen molar-refractivity contribution in [1.29, 1.82) is 0 Å². The lowest BCUT2D eigenvalue weighted by Gasteiger charge is -2.08. The molecule has 2 amide bonds. The fourth-order valence-corrected chi connectivity index (χ4v) is 2.36. The van der Waals surface area contributed by atoms with Gasteiger partial charge in [-0.05, 0) is 30.3 Å². The van der Waals surface area contributed by atoms with Gasteiger partial charge in [-0.25, -0.2) is 0 Å². The van der Waals surface area contributed by atoms with Gasteiger partial charge in [-0.15, -0.1) is 0 Å². The van der Waals surface area contributed by atoms with Crippen molar-refractivity contribution in [1.82, 2.24) is 5.32 Å². The third-order valence-electron chi connectivity index (χ3n) is 3.01. The molecular formula is C15H10Cl2FN3O4. The van der Waals surface area contributed by atoms with Crippen LogP contribution in [0.4, 0.5) is 15.8 Å². The maximum absolute atomic E-state index is 13.2. The summed E-state index contributed by atoms with van der Waals surface area (Å²) >= 11 is 11.6. The summed E-state index contributed by atoms with van der Waals surface area (Å²) < 4.78 is 13.2. The maximum atomic E-state index is 13.2. The van der Waals surface area contributed by atoms with Gasteiger partial charge < -0.3 is 10.6 Å². The van der Waals surface area contributed by atoms with Crippen molar-refractivity contribution in [2.75, 3.05) is 11.9 Å². The van der Waals surface area contributed by atoms with Crippen molar-refractivity contribution >= 4 is 46.4 Å². The Morgan fingerprint density at radius 1 is 1.16 bits per heavy atom. The molecule has 0 unspecified atom stereocenters. The predicted octanol–water partition coefficient (Wildman–Crippen LogP) is 3.41. The molecule has 10 heteroatoms. The van der Waals surface area contributed by atoms with Crippen LogP contribution >= 0.6 is 23.2 Å². The molecule has 130 valence electrons. The number of nitrogens with one attached hydrogen (secondary N) is 2. The second-order valence-corrected chi connectivity index (χ2v) is 5.62. The van der Waals surface area contributed by atoms with Crippen molar-refractivity contribution in [3.05, 3.63) is 67.9 Å². The molecular weight excluding hydrogens is 376 g/mol. The first-order valence-corrected chi connectivity index (χ1v) is 7.50. The SMILES string of the molecule is O=C(CNC(=O)c1ccc(Cl)cc1Cl)Nc1ccc(F)c([N+](=O)[O-])c1. The lowest BCUT2D eigenvalue weighted by Crippen LogP contribution is -2.33. The predicted molar refractivity (Wildman–Crippen MR) is 90.5 cm³/mol. The highest BCUT2D eigenvalue weighted by Gasteiger charge is 2.16. The molecule has 0 bridgehead atoms. The average molecular weight is 386 g/mol. The smallest absolute Gasteiger partial charge is 0.306 e. The van der Waals surface area contributed by atoms with E-state index in [4.69, 9.17) is 23.2 Å². The zero-order valence-corrected chi connectivity index (χ0v) is 13.9. The minimum Gasteiger partial charge on any atom is -0.343 e. The van der Waals surface area contributed by atoms with Crippen LogP contribution in [0.15, 0.2) is 36.4 Å². The molecule has 0 radical (unpaired) electrons. The van der Waals surface area contributed by atoms with Gasteiger partial charge in [-0.3, -0.25) is 19.7 Å². The molecule has 2 aromatic carbocycles. The van der Waals surface area contributed by atoms with E-state index in [0.717, 1.165) is 18.2 Å². The summed E-state index contributed by atoms with van der Waals surface area (Å²) in [6.45, 7) is -0.414. The van der Waals surface area contributed by atoms with Crippen LogP contribution in [-0.4, -0.2) is 23.3 Å². The number of amides is 2. The summed E-state index contributed by atoms with van der Waals surface area (Å²) in [5, 5.41) is 15.8. The Bertz CT molecular complexity index is 861. The van der Waals surface area contributed by atoms with Crippen LogP contribution < -0.4 is 10.6 Å². The van der Waals surface area contributed by atoms with E-state index >= 15 is 0 Å². The van der Waals surface area contributed by atoms with E-state index in [1.807, 2.05) is 0 Å². The zero-order valence-electron chi connectivity index (χ0n) is 12.4. The zero-order chi connectivity index (χ0) is 18.6. The van der Waals surface area contributed by atoms with E-state index in [2.05, 4.69) is 10.6 Å². The molecule has 0 spiro atoms. The van der Waals surface area contributed by atoms with E-state index in [9.17, 15) is 24.1 Å². The molecule has 2 N–H and O–H groups in total. The lowest BCUT2D eigenvalue weighted by molar-refractivity contribution is -0.387. The number of rotatable bonds is 5. The minimum atomic E-state index is -1.02. The summed E-state index contributed by atoms with van der Waals surface area (Å²) in [7, 11) is 0. The molecule has 0 fully saturated rings. The summed E-state index contributed by atoms with van der Waals surface area (Å²) in [5.74, 6) is -2.27. The normalized spacial score (nSPS) is 10.2. The Balaban J connectivity index is 1.98. The van der Waals surface area contributed by atoms with Crippen LogP contribution in [-0.2, 0) is 4.79 Å². The molecule has 2 rings (SSSR count). The van der Waals surface area contributed by atoms with E-state index in [1.165, 1.54) is 18.2 Å². The first-order chi connectivity index (χ1) is 11.8. The summed E-state index contributed by atoms with van der Waals surface area (Å²) in [6.07, 6.45) is 0. The second-order valence-electron chi connectivity index (χ2n) is 4.78. The average Bonchev–Trinajstić information content (AvgIpc) is 2.54. The number of nitro groups is 1. The minimum absolute atomic E-state index is 0.0249. The van der Waals surface area contributed by atoms with Gasteiger partial charge >= 0.3 is 5.69 Å². The van der Waals surface area contributed by atoms with Gasteiger partial charge in [-0.1, -0.05) is 23.2 Å². The van der Waals surface area contributed by atoms with Gasteiger partial charge in [0.05, 0.1) is 22.1 Å². The van der Waals surface area contributed by atoms with E-state index in [0.29, 0.717) is 5.02 Å². The van der Waals surface area contributed by atoms with Crippen molar-refractivity contribution in [2.45, 2.75) is 0 Å². The first kappa shape index (κ1) is 18.6. The number of nitro benzene ring substituents is 1. The van der Waals surface area contributed by atoms with Crippen LogP contribution in [0.1, 0.15) is 10.4 Å². The van der Waals surface area contributed by atoms with E-state index in [1.54, 1.807) is 0 Å².